The first-order valence-corrected chi connectivity index (χ1v) is 7.64. The molecule has 1 aromatic carbocycles. The van der Waals surface area contributed by atoms with Crippen LogP contribution in [0.1, 0.15) is 42.9 Å². The standard InChI is InChI=1S/C15H25NS/c1-12-8-13(2)10-15(9-12)11-17-7-5-4-6-14(3)16/h8-10,14H,4-7,11,16H2,1-3H3. The number of aryl methyl sites for hydroxylation is 2. The van der Waals surface area contributed by atoms with E-state index in [1.54, 1.807) is 0 Å². The number of benzene rings is 1. The summed E-state index contributed by atoms with van der Waals surface area (Å²) in [6.07, 6.45) is 3.71. The van der Waals surface area contributed by atoms with Gasteiger partial charge >= 0.3 is 0 Å². The molecular weight excluding hydrogens is 226 g/mol. The van der Waals surface area contributed by atoms with Crippen LogP contribution < -0.4 is 5.73 Å². The predicted molar refractivity (Wildman–Crippen MR) is 79.6 cm³/mol. The summed E-state index contributed by atoms with van der Waals surface area (Å²) in [6.45, 7) is 6.43. The molecule has 0 heterocycles. The van der Waals surface area contributed by atoms with Crippen molar-refractivity contribution in [1.29, 1.82) is 0 Å². The zero-order chi connectivity index (χ0) is 12.7. The van der Waals surface area contributed by atoms with Crippen LogP contribution in [0.5, 0.6) is 0 Å². The van der Waals surface area contributed by atoms with E-state index in [2.05, 4.69) is 39.0 Å². The Balaban J connectivity index is 2.18. The molecule has 2 N–H and O–H groups in total. The fourth-order valence-electron chi connectivity index (χ4n) is 2.01. The van der Waals surface area contributed by atoms with E-state index in [1.165, 1.54) is 35.3 Å². The number of hydrogen-bond acceptors (Lipinski definition) is 2. The number of hydrogen-bond donors (Lipinski definition) is 1. The molecule has 96 valence electrons. The molecule has 1 aromatic rings. The lowest BCUT2D eigenvalue weighted by Gasteiger charge is -2.06. The number of nitrogens with two attached hydrogens (primary N) is 1. The molecular formula is C15H25NS. The monoisotopic (exact) mass is 251 g/mol. The highest BCUT2D eigenvalue weighted by Gasteiger charge is 1.98. The Morgan fingerprint density at radius 1 is 1.12 bits per heavy atom. The largest absolute Gasteiger partial charge is 0.328 e. The minimum absolute atomic E-state index is 0.361. The average molecular weight is 251 g/mol. The molecule has 1 nitrogen and oxygen atoms in total. The molecule has 0 radical (unpaired) electrons. The van der Waals surface area contributed by atoms with Crippen LogP contribution in [0.3, 0.4) is 0 Å². The van der Waals surface area contributed by atoms with E-state index < -0.39 is 0 Å². The summed E-state index contributed by atoms with van der Waals surface area (Å²) in [5, 5.41) is 0. The maximum absolute atomic E-state index is 5.72. The first-order chi connectivity index (χ1) is 8.08. The fourth-order valence-corrected chi connectivity index (χ4v) is 2.97. The molecule has 0 aliphatic rings. The van der Waals surface area contributed by atoms with Crippen LogP contribution in [0.2, 0.25) is 0 Å². The fraction of sp³-hybridized carbons (Fsp3) is 0.600. The van der Waals surface area contributed by atoms with Crippen LogP contribution >= 0.6 is 11.8 Å². The van der Waals surface area contributed by atoms with Crippen molar-refractivity contribution in [1.82, 2.24) is 0 Å². The van der Waals surface area contributed by atoms with E-state index in [1.807, 2.05) is 11.8 Å². The Labute approximate surface area is 110 Å². The molecule has 17 heavy (non-hydrogen) atoms. The molecule has 0 saturated heterocycles. The Morgan fingerprint density at radius 2 is 1.76 bits per heavy atom. The second kappa shape index (κ2) is 7.78. The Hall–Kier alpha value is -0.470. The molecule has 1 unspecified atom stereocenters. The van der Waals surface area contributed by atoms with Crippen LogP contribution in [-0.2, 0) is 5.75 Å². The van der Waals surface area contributed by atoms with Gasteiger partial charge in [0.05, 0.1) is 0 Å². The number of rotatable bonds is 7. The number of thioether (sulfide) groups is 1. The van der Waals surface area contributed by atoms with Crippen LogP contribution in [0.15, 0.2) is 18.2 Å². The zero-order valence-corrected chi connectivity index (χ0v) is 12.1. The van der Waals surface area contributed by atoms with Gasteiger partial charge in [0.15, 0.2) is 0 Å². The van der Waals surface area contributed by atoms with Crippen LogP contribution in [0.4, 0.5) is 0 Å². The summed E-state index contributed by atoms with van der Waals surface area (Å²) in [5.74, 6) is 2.39. The Bertz CT molecular complexity index is 313. The Morgan fingerprint density at radius 3 is 2.35 bits per heavy atom. The molecule has 2 heteroatoms. The minimum atomic E-state index is 0.361. The van der Waals surface area contributed by atoms with Gasteiger partial charge in [-0.2, -0.15) is 11.8 Å². The van der Waals surface area contributed by atoms with Gasteiger partial charge in [-0.25, -0.2) is 0 Å². The van der Waals surface area contributed by atoms with Gasteiger partial charge in [0.1, 0.15) is 0 Å². The highest BCUT2D eigenvalue weighted by atomic mass is 32.2. The van der Waals surface area contributed by atoms with Gasteiger partial charge in [-0.15, -0.1) is 0 Å². The predicted octanol–water partition coefficient (Wildman–Crippen LogP) is 4.05. The van der Waals surface area contributed by atoms with E-state index >= 15 is 0 Å². The SMILES string of the molecule is Cc1cc(C)cc(CSCCCCC(C)N)c1. The van der Waals surface area contributed by atoms with Crippen molar-refractivity contribution < 1.29 is 0 Å². The summed E-state index contributed by atoms with van der Waals surface area (Å²) in [4.78, 5) is 0. The molecule has 0 spiro atoms. The van der Waals surface area contributed by atoms with Gasteiger partial charge in [-0.1, -0.05) is 35.7 Å². The average Bonchev–Trinajstić information content (AvgIpc) is 2.21. The molecule has 1 rings (SSSR count). The summed E-state index contributed by atoms with van der Waals surface area (Å²) in [6, 6.07) is 7.18. The molecule has 0 bridgehead atoms. The molecule has 1 atom stereocenters. The quantitative estimate of drug-likeness (QED) is 0.740. The van der Waals surface area contributed by atoms with Crippen molar-refractivity contribution in [2.45, 2.75) is 51.8 Å². The van der Waals surface area contributed by atoms with Gasteiger partial charge in [0.2, 0.25) is 0 Å². The minimum Gasteiger partial charge on any atom is -0.328 e. The first kappa shape index (κ1) is 14.6. The van der Waals surface area contributed by atoms with Crippen molar-refractivity contribution in [3.63, 3.8) is 0 Å². The second-order valence-corrected chi connectivity index (χ2v) is 6.13. The van der Waals surface area contributed by atoms with Crippen LogP contribution in [0.25, 0.3) is 0 Å². The van der Waals surface area contributed by atoms with Gasteiger partial charge in [0.25, 0.3) is 0 Å². The van der Waals surface area contributed by atoms with Crippen LogP contribution in [0, 0.1) is 13.8 Å². The summed E-state index contributed by atoms with van der Waals surface area (Å²) >= 11 is 2.03. The summed E-state index contributed by atoms with van der Waals surface area (Å²) < 4.78 is 0. The topological polar surface area (TPSA) is 26.0 Å². The summed E-state index contributed by atoms with van der Waals surface area (Å²) in [5.41, 5.74) is 9.93. The second-order valence-electron chi connectivity index (χ2n) is 5.02. The maximum atomic E-state index is 5.72. The van der Waals surface area contributed by atoms with Crippen LogP contribution in [-0.4, -0.2) is 11.8 Å². The normalized spacial score (nSPS) is 12.7. The van der Waals surface area contributed by atoms with Crippen molar-refractivity contribution in [3.8, 4) is 0 Å². The smallest absolute Gasteiger partial charge is 0.0184 e. The lowest BCUT2D eigenvalue weighted by atomic mass is 10.1. The lowest BCUT2D eigenvalue weighted by molar-refractivity contribution is 0.618. The van der Waals surface area contributed by atoms with E-state index in [0.29, 0.717) is 6.04 Å². The summed E-state index contributed by atoms with van der Waals surface area (Å²) in [7, 11) is 0. The molecule has 0 aliphatic carbocycles. The van der Waals surface area contributed by atoms with E-state index in [9.17, 15) is 0 Å². The molecule has 0 saturated carbocycles. The van der Waals surface area contributed by atoms with Gasteiger partial charge in [0, 0.05) is 11.8 Å². The van der Waals surface area contributed by atoms with Gasteiger partial charge < -0.3 is 5.73 Å². The molecule has 0 fully saturated rings. The van der Waals surface area contributed by atoms with Crippen molar-refractivity contribution in [2.75, 3.05) is 5.75 Å². The third-order valence-electron chi connectivity index (χ3n) is 2.75. The van der Waals surface area contributed by atoms with E-state index in [4.69, 9.17) is 5.73 Å². The Kier molecular flexibility index (Phi) is 6.68. The molecule has 0 amide bonds. The third-order valence-corrected chi connectivity index (χ3v) is 3.86. The first-order valence-electron chi connectivity index (χ1n) is 6.48. The highest BCUT2D eigenvalue weighted by Crippen LogP contribution is 2.17. The lowest BCUT2D eigenvalue weighted by Crippen LogP contribution is -2.14. The maximum Gasteiger partial charge on any atom is 0.0184 e. The van der Waals surface area contributed by atoms with Gasteiger partial charge in [-0.3, -0.25) is 0 Å². The van der Waals surface area contributed by atoms with E-state index in [-0.39, 0.29) is 0 Å². The third kappa shape index (κ3) is 6.75. The molecule has 0 aliphatic heterocycles. The zero-order valence-electron chi connectivity index (χ0n) is 11.3. The van der Waals surface area contributed by atoms with Crippen molar-refractivity contribution >= 4 is 11.8 Å². The van der Waals surface area contributed by atoms with Gasteiger partial charge in [-0.05, 0) is 44.9 Å². The number of unbranched alkanes of at least 4 members (excludes halogenated alkanes) is 1. The van der Waals surface area contributed by atoms with E-state index in [0.717, 1.165) is 12.2 Å². The highest BCUT2D eigenvalue weighted by molar-refractivity contribution is 7.98. The van der Waals surface area contributed by atoms with Crippen molar-refractivity contribution in [3.05, 3.63) is 34.9 Å². The van der Waals surface area contributed by atoms with Crippen molar-refractivity contribution in [2.24, 2.45) is 5.73 Å². The molecule has 0 aromatic heterocycles.